The largest absolute Gasteiger partial charge is 1.00 e. The van der Waals surface area contributed by atoms with Gasteiger partial charge in [-0.15, -0.1) is 0 Å². The summed E-state index contributed by atoms with van der Waals surface area (Å²) in [5.41, 5.74) is 2.93. The van der Waals surface area contributed by atoms with Gasteiger partial charge >= 0.3 is 0 Å². The first-order valence-corrected chi connectivity index (χ1v) is 13.3. The fourth-order valence-corrected chi connectivity index (χ4v) is 4.43. The van der Waals surface area contributed by atoms with Crippen LogP contribution >= 0.6 is 0 Å². The van der Waals surface area contributed by atoms with Crippen molar-refractivity contribution in [3.05, 3.63) is 96.6 Å². The zero-order valence-corrected chi connectivity index (χ0v) is 25.7. The van der Waals surface area contributed by atoms with Gasteiger partial charge in [0.2, 0.25) is 0 Å². The van der Waals surface area contributed by atoms with Crippen LogP contribution in [-0.2, 0) is 25.9 Å². The number of hydrogen-bond donors (Lipinski definition) is 0. The molecule has 4 bridgehead atoms. The van der Waals surface area contributed by atoms with E-state index in [4.69, 9.17) is 0 Å². The predicted octanol–water partition coefficient (Wildman–Crippen LogP) is 1.03. The molecule has 0 spiro atoms. The average molecular weight is 699 g/mol. The zero-order valence-electron chi connectivity index (χ0n) is 21.3. The lowest BCUT2D eigenvalue weighted by Gasteiger charge is -2.01. The van der Waals surface area contributed by atoms with E-state index in [1.54, 1.807) is 0 Å². The molecular weight excluding hydrogens is 654 g/mol. The third kappa shape index (κ3) is 15.0. The molecule has 1 aliphatic heterocycles. The van der Waals surface area contributed by atoms with Crippen molar-refractivity contribution in [2.24, 2.45) is 0 Å². The zero-order chi connectivity index (χ0) is 22.8. The van der Waals surface area contributed by atoms with Gasteiger partial charge in [0.15, 0.2) is 37.9 Å². The molecule has 0 amide bonds. The van der Waals surface area contributed by atoms with E-state index >= 15 is 0 Å². The maximum Gasteiger partial charge on any atom is 0.171 e. The van der Waals surface area contributed by atoms with Crippen LogP contribution < -0.4 is 57.1 Å². The van der Waals surface area contributed by atoms with Gasteiger partial charge in [-0.3, -0.25) is 0 Å². The first-order valence-electron chi connectivity index (χ1n) is 13.3. The summed E-state index contributed by atoms with van der Waals surface area (Å²) in [7, 11) is 0. The molecule has 0 radical (unpaired) electrons. The van der Waals surface area contributed by atoms with E-state index in [2.05, 4.69) is 94.6 Å². The first kappa shape index (κ1) is 32.0. The molecular formula is C31H44I2N2. The molecule has 0 atom stereocenters. The minimum atomic E-state index is 0. The second-order valence-electron chi connectivity index (χ2n) is 9.31. The van der Waals surface area contributed by atoms with Gasteiger partial charge in [-0.2, -0.15) is 0 Å². The summed E-state index contributed by atoms with van der Waals surface area (Å²) in [5.74, 6) is 0. The van der Waals surface area contributed by atoms with Crippen LogP contribution in [0.3, 0.4) is 0 Å². The fourth-order valence-electron chi connectivity index (χ4n) is 4.43. The standard InChI is InChI=1S/C31H44N2.2HI/c1-2-4-8-12-16-24-32-26-19-23-31(29-32)21-15-11-7-5-9-13-17-25-33-27-18-22-30(28-33)20-14-10-6-3-1;;/h3,6,8-9,12-13,18-19,22-23,26-29H,1-2,4-5,7,10-11,14-17,20-21,24-25H2;2*1H/q+2;;/p-2/b6-3-,12-8+,13-9+;;. The van der Waals surface area contributed by atoms with E-state index in [0.717, 1.165) is 25.9 Å². The van der Waals surface area contributed by atoms with Crippen LogP contribution in [0.25, 0.3) is 0 Å². The van der Waals surface area contributed by atoms with Crippen molar-refractivity contribution in [2.75, 3.05) is 0 Å². The summed E-state index contributed by atoms with van der Waals surface area (Å²) in [6.07, 6.45) is 39.1. The van der Waals surface area contributed by atoms with Crippen LogP contribution in [-0.4, -0.2) is 0 Å². The molecule has 2 aromatic rings. The molecule has 0 saturated heterocycles. The second-order valence-corrected chi connectivity index (χ2v) is 9.31. The Kier molecular flexibility index (Phi) is 19.3. The average Bonchev–Trinajstić information content (AvgIpc) is 2.84. The number of aryl methyl sites for hydroxylation is 4. The lowest BCUT2D eigenvalue weighted by molar-refractivity contribution is -0.696. The van der Waals surface area contributed by atoms with Gasteiger partial charge in [0.25, 0.3) is 0 Å². The summed E-state index contributed by atoms with van der Waals surface area (Å²) in [6, 6.07) is 8.96. The van der Waals surface area contributed by atoms with Crippen molar-refractivity contribution in [3.63, 3.8) is 0 Å². The predicted molar refractivity (Wildman–Crippen MR) is 139 cm³/mol. The minimum absolute atomic E-state index is 0. The Morgan fingerprint density at radius 1 is 0.457 bits per heavy atom. The van der Waals surface area contributed by atoms with Crippen LogP contribution in [0.15, 0.2) is 85.5 Å². The van der Waals surface area contributed by atoms with Gasteiger partial charge in [-0.25, -0.2) is 9.13 Å². The van der Waals surface area contributed by atoms with Gasteiger partial charge in [0.05, 0.1) is 0 Å². The maximum absolute atomic E-state index is 2.38. The normalized spacial score (nSPS) is 19.7. The molecule has 3 heterocycles. The van der Waals surface area contributed by atoms with Gasteiger partial charge in [0.1, 0.15) is 0 Å². The Morgan fingerprint density at radius 2 is 0.914 bits per heavy atom. The van der Waals surface area contributed by atoms with Crippen molar-refractivity contribution in [1.29, 1.82) is 0 Å². The number of aromatic nitrogens is 2. The monoisotopic (exact) mass is 698 g/mol. The number of rotatable bonds is 0. The van der Waals surface area contributed by atoms with E-state index < -0.39 is 0 Å². The summed E-state index contributed by atoms with van der Waals surface area (Å²) in [5, 5.41) is 0. The van der Waals surface area contributed by atoms with Crippen molar-refractivity contribution >= 4 is 0 Å². The van der Waals surface area contributed by atoms with E-state index in [0.29, 0.717) is 0 Å². The topological polar surface area (TPSA) is 7.76 Å². The number of halogens is 2. The summed E-state index contributed by atoms with van der Waals surface area (Å²) in [4.78, 5) is 0. The molecule has 2 aromatic heterocycles. The Labute approximate surface area is 248 Å². The van der Waals surface area contributed by atoms with Crippen LogP contribution in [0.5, 0.6) is 0 Å². The van der Waals surface area contributed by atoms with Crippen LogP contribution in [0.1, 0.15) is 81.8 Å². The molecule has 0 N–H and O–H groups in total. The highest BCUT2D eigenvalue weighted by atomic mass is 127. The van der Waals surface area contributed by atoms with Crippen molar-refractivity contribution in [3.8, 4) is 0 Å². The van der Waals surface area contributed by atoms with Crippen LogP contribution in [0.2, 0.25) is 0 Å². The number of nitrogens with zero attached hydrogens (tertiary/aromatic N) is 2. The summed E-state index contributed by atoms with van der Waals surface area (Å²) >= 11 is 0. The number of allylic oxidation sites excluding steroid dienone is 6. The lowest BCUT2D eigenvalue weighted by Crippen LogP contribution is -3.00. The Bertz CT molecular complexity index is 889. The van der Waals surface area contributed by atoms with Crippen LogP contribution in [0, 0.1) is 0 Å². The Balaban J connectivity index is 0.00000306. The van der Waals surface area contributed by atoms with Gasteiger partial charge in [-0.05, 0) is 76.3 Å². The van der Waals surface area contributed by atoms with Crippen molar-refractivity contribution in [1.82, 2.24) is 0 Å². The quantitative estimate of drug-likeness (QED) is 0.221. The minimum Gasteiger partial charge on any atom is -1.00 e. The smallest absolute Gasteiger partial charge is 0.171 e. The third-order valence-corrected chi connectivity index (χ3v) is 6.36. The summed E-state index contributed by atoms with van der Waals surface area (Å²) in [6.45, 7) is 2.16. The molecule has 0 saturated carbocycles. The highest BCUT2D eigenvalue weighted by Crippen LogP contribution is 2.08. The van der Waals surface area contributed by atoms with E-state index in [1.807, 2.05) is 0 Å². The molecule has 1 aliphatic rings. The molecule has 0 aromatic carbocycles. The molecule has 192 valence electrons. The summed E-state index contributed by atoms with van der Waals surface area (Å²) < 4.78 is 4.70. The van der Waals surface area contributed by atoms with E-state index in [9.17, 15) is 0 Å². The molecule has 35 heavy (non-hydrogen) atoms. The van der Waals surface area contributed by atoms with Crippen molar-refractivity contribution in [2.45, 2.75) is 96.6 Å². The van der Waals surface area contributed by atoms with Crippen LogP contribution in [0.4, 0.5) is 0 Å². The number of pyridine rings is 2. The third-order valence-electron chi connectivity index (χ3n) is 6.36. The Morgan fingerprint density at radius 3 is 1.49 bits per heavy atom. The van der Waals surface area contributed by atoms with E-state index in [-0.39, 0.29) is 48.0 Å². The van der Waals surface area contributed by atoms with Gasteiger partial charge in [0, 0.05) is 36.1 Å². The molecule has 3 rings (SSSR count). The SMILES string of the molecule is C1=C\CCCc2ccc[n+](c2)CC/C=C/CCCCCc2ccc[n+](c2)CC/C=C/CCC/1.[I-].[I-]. The molecule has 2 nitrogen and oxygen atoms in total. The molecule has 0 aliphatic carbocycles. The second kappa shape index (κ2) is 21.1. The molecule has 0 unspecified atom stereocenters. The molecule has 4 heteroatoms. The first-order chi connectivity index (χ1) is 16.4. The highest BCUT2D eigenvalue weighted by Gasteiger charge is 2.03. The van der Waals surface area contributed by atoms with E-state index in [1.165, 1.54) is 81.8 Å². The fraction of sp³-hybridized carbons (Fsp3) is 0.484. The van der Waals surface area contributed by atoms with Crippen molar-refractivity contribution < 1.29 is 57.1 Å². The lowest BCUT2D eigenvalue weighted by atomic mass is 10.1. The number of fused-ring (bicyclic) bond motifs is 4. The van der Waals surface area contributed by atoms with Gasteiger partial charge < -0.3 is 48.0 Å². The van der Waals surface area contributed by atoms with Gasteiger partial charge in [-0.1, -0.05) is 42.9 Å². The highest BCUT2D eigenvalue weighted by molar-refractivity contribution is 5.06. The number of hydrogen-bond acceptors (Lipinski definition) is 0. The Hall–Kier alpha value is -1.02. The maximum atomic E-state index is 2.38. The molecule has 0 fully saturated rings.